The lowest BCUT2D eigenvalue weighted by Gasteiger charge is -2.13. The molecule has 8 nitrogen and oxygen atoms in total. The number of halogens is 1. The molecule has 0 fully saturated rings. The number of esters is 1. The van der Waals surface area contributed by atoms with Crippen LogP contribution in [0.15, 0.2) is 0 Å². The zero-order valence-electron chi connectivity index (χ0n) is 22.3. The maximum absolute atomic E-state index is 12.0. The van der Waals surface area contributed by atoms with Crippen molar-refractivity contribution in [3.05, 3.63) is 0 Å². The van der Waals surface area contributed by atoms with Gasteiger partial charge in [-0.1, -0.05) is 62.1 Å². The number of hydrogen-bond donors (Lipinski definition) is 0. The van der Waals surface area contributed by atoms with Gasteiger partial charge in [0.05, 0.1) is 78.6 Å². The molecule has 9 heteroatoms. The first-order valence-corrected chi connectivity index (χ1v) is 15.0. The average Bonchev–Trinajstić information content (AvgIpc) is 2.87. The zero-order chi connectivity index (χ0) is 25.7. The molecule has 0 radical (unpaired) electrons. The first-order valence-electron chi connectivity index (χ1n) is 13.4. The third-order valence-corrected chi connectivity index (χ3v) is 6.00. The molecule has 0 aromatic rings. The fourth-order valence-electron chi connectivity index (χ4n) is 3.11. The maximum Gasteiger partial charge on any atom is 0.308 e. The molecule has 0 bridgehead atoms. The van der Waals surface area contributed by atoms with Crippen molar-refractivity contribution >= 4 is 28.6 Å². The highest BCUT2D eigenvalue weighted by atomic mass is 127. The first-order chi connectivity index (χ1) is 17.3. The summed E-state index contributed by atoms with van der Waals surface area (Å²) in [5.74, 6) is -0.0980. The predicted molar refractivity (Wildman–Crippen MR) is 147 cm³/mol. The van der Waals surface area contributed by atoms with E-state index in [2.05, 4.69) is 29.5 Å². The minimum Gasteiger partial charge on any atom is -0.463 e. The molecule has 0 aromatic heterocycles. The van der Waals surface area contributed by atoms with Crippen LogP contribution < -0.4 is 0 Å². The van der Waals surface area contributed by atoms with E-state index in [4.69, 9.17) is 33.2 Å². The normalized spacial score (nSPS) is 12.2. The molecule has 1 atom stereocenters. The second-order valence-corrected chi connectivity index (χ2v) is 9.27. The minimum atomic E-state index is -0.109. The highest BCUT2D eigenvalue weighted by Crippen LogP contribution is 2.14. The van der Waals surface area contributed by atoms with Crippen molar-refractivity contribution in [2.45, 2.75) is 65.2 Å². The Labute approximate surface area is 227 Å². The van der Waals surface area contributed by atoms with Gasteiger partial charge in [0.1, 0.15) is 6.61 Å². The second-order valence-electron chi connectivity index (χ2n) is 8.19. The number of unbranched alkanes of at least 4 members (excludes halogenated alkanes) is 4. The third-order valence-electron chi connectivity index (χ3n) is 5.24. The summed E-state index contributed by atoms with van der Waals surface area (Å²) < 4.78 is 39.4. The topological polar surface area (TPSA) is 81.7 Å². The molecule has 0 aliphatic carbocycles. The fourth-order valence-corrected chi connectivity index (χ4v) is 3.65. The Balaban J connectivity index is 3.18. The van der Waals surface area contributed by atoms with E-state index in [1.165, 1.54) is 23.7 Å². The van der Waals surface area contributed by atoms with Crippen molar-refractivity contribution < 1.29 is 38.0 Å². The standard InChI is InChI=1S/C26H51IO8/c1-3-5-10-25(4-2)26(28)35-24-23-34-22-21-33-20-19-32-18-17-31-16-15-30-14-13-29-12-9-7-6-8-11-27/h25H,3-24H2,1-2H3. The van der Waals surface area contributed by atoms with Crippen LogP contribution >= 0.6 is 22.6 Å². The summed E-state index contributed by atoms with van der Waals surface area (Å²) in [6, 6.07) is 0. The van der Waals surface area contributed by atoms with Gasteiger partial charge in [-0.15, -0.1) is 0 Å². The van der Waals surface area contributed by atoms with Gasteiger partial charge in [-0.05, 0) is 30.1 Å². The average molecular weight is 619 g/mol. The van der Waals surface area contributed by atoms with Crippen LogP contribution in [0.2, 0.25) is 0 Å². The van der Waals surface area contributed by atoms with Crippen LogP contribution in [0.3, 0.4) is 0 Å². The summed E-state index contributed by atoms with van der Waals surface area (Å²) in [6.45, 7) is 11.1. The lowest BCUT2D eigenvalue weighted by atomic mass is 10.00. The van der Waals surface area contributed by atoms with Crippen molar-refractivity contribution in [1.29, 1.82) is 0 Å². The van der Waals surface area contributed by atoms with Gasteiger partial charge in [0.15, 0.2) is 0 Å². The molecular formula is C26H51IO8. The van der Waals surface area contributed by atoms with E-state index < -0.39 is 0 Å². The summed E-state index contributed by atoms with van der Waals surface area (Å²) in [7, 11) is 0. The van der Waals surface area contributed by atoms with Crippen LogP contribution in [0.4, 0.5) is 0 Å². The molecule has 0 spiro atoms. The summed E-state index contributed by atoms with van der Waals surface area (Å²) in [6.07, 6.45) is 8.86. The van der Waals surface area contributed by atoms with Gasteiger partial charge in [0.2, 0.25) is 0 Å². The van der Waals surface area contributed by atoms with Gasteiger partial charge in [0, 0.05) is 6.61 Å². The smallest absolute Gasteiger partial charge is 0.308 e. The van der Waals surface area contributed by atoms with Gasteiger partial charge < -0.3 is 33.2 Å². The van der Waals surface area contributed by atoms with Crippen LogP contribution in [0, 0.1) is 5.92 Å². The maximum atomic E-state index is 12.0. The SMILES string of the molecule is CCCCC(CC)C(=O)OCCOCCOCCOCCOCCOCCOCCCCCCI. The Morgan fingerprint density at radius 1 is 0.571 bits per heavy atom. The van der Waals surface area contributed by atoms with E-state index in [-0.39, 0.29) is 11.9 Å². The molecule has 210 valence electrons. The van der Waals surface area contributed by atoms with Crippen molar-refractivity contribution in [3.8, 4) is 0 Å². The Kier molecular flexibility index (Phi) is 30.2. The van der Waals surface area contributed by atoms with Crippen LogP contribution in [-0.4, -0.2) is 96.3 Å². The van der Waals surface area contributed by atoms with E-state index in [1.807, 2.05) is 6.92 Å². The van der Waals surface area contributed by atoms with Crippen molar-refractivity contribution in [3.63, 3.8) is 0 Å². The van der Waals surface area contributed by atoms with Crippen LogP contribution in [0.1, 0.15) is 65.2 Å². The van der Waals surface area contributed by atoms with Crippen LogP contribution in [0.25, 0.3) is 0 Å². The van der Waals surface area contributed by atoms with Gasteiger partial charge >= 0.3 is 5.97 Å². The quantitative estimate of drug-likeness (QED) is 0.0510. The molecule has 0 N–H and O–H groups in total. The molecule has 0 aliphatic rings. The largest absolute Gasteiger partial charge is 0.463 e. The highest BCUT2D eigenvalue weighted by Gasteiger charge is 2.16. The number of rotatable bonds is 29. The number of carbonyl (C=O) groups excluding carboxylic acids is 1. The van der Waals surface area contributed by atoms with E-state index in [0.29, 0.717) is 79.3 Å². The molecular weight excluding hydrogens is 567 g/mol. The van der Waals surface area contributed by atoms with Crippen molar-refractivity contribution in [2.24, 2.45) is 5.92 Å². The summed E-state index contributed by atoms with van der Waals surface area (Å²) in [5, 5.41) is 0. The summed E-state index contributed by atoms with van der Waals surface area (Å²) in [5.41, 5.74) is 0. The Morgan fingerprint density at radius 3 is 1.43 bits per heavy atom. The molecule has 0 amide bonds. The predicted octanol–water partition coefficient (Wildman–Crippen LogP) is 4.84. The summed E-state index contributed by atoms with van der Waals surface area (Å²) >= 11 is 2.42. The van der Waals surface area contributed by atoms with E-state index in [1.54, 1.807) is 0 Å². The Hall–Kier alpha value is -0.0400. The Morgan fingerprint density at radius 2 is 1.00 bits per heavy atom. The molecule has 0 aliphatic heterocycles. The van der Waals surface area contributed by atoms with E-state index in [0.717, 1.165) is 38.7 Å². The van der Waals surface area contributed by atoms with E-state index >= 15 is 0 Å². The van der Waals surface area contributed by atoms with Crippen LogP contribution in [0.5, 0.6) is 0 Å². The van der Waals surface area contributed by atoms with E-state index in [9.17, 15) is 4.79 Å². The molecule has 0 saturated heterocycles. The van der Waals surface area contributed by atoms with Crippen molar-refractivity contribution in [1.82, 2.24) is 0 Å². The van der Waals surface area contributed by atoms with Gasteiger partial charge in [-0.2, -0.15) is 0 Å². The van der Waals surface area contributed by atoms with Crippen molar-refractivity contribution in [2.75, 3.05) is 90.3 Å². The number of hydrogen-bond acceptors (Lipinski definition) is 8. The zero-order valence-corrected chi connectivity index (χ0v) is 24.4. The molecule has 0 saturated carbocycles. The lowest BCUT2D eigenvalue weighted by molar-refractivity contribution is -0.150. The number of ether oxygens (including phenoxy) is 7. The summed E-state index contributed by atoms with van der Waals surface area (Å²) in [4.78, 5) is 12.0. The molecule has 0 aromatic carbocycles. The first kappa shape index (κ1) is 35.0. The van der Waals surface area contributed by atoms with Crippen LogP contribution in [-0.2, 0) is 38.0 Å². The molecule has 35 heavy (non-hydrogen) atoms. The second kappa shape index (κ2) is 30.2. The molecule has 0 heterocycles. The molecule has 0 rings (SSSR count). The fraction of sp³-hybridized carbons (Fsp3) is 0.962. The third kappa shape index (κ3) is 26.8. The molecule has 1 unspecified atom stereocenters. The highest BCUT2D eigenvalue weighted by molar-refractivity contribution is 14.1. The lowest BCUT2D eigenvalue weighted by Crippen LogP contribution is -2.20. The monoisotopic (exact) mass is 618 g/mol. The minimum absolute atomic E-state index is 0.0106. The number of carbonyl (C=O) groups is 1. The van der Waals surface area contributed by atoms with Gasteiger partial charge in [-0.3, -0.25) is 4.79 Å². The number of alkyl halides is 1. The van der Waals surface area contributed by atoms with Gasteiger partial charge in [0.25, 0.3) is 0 Å². The van der Waals surface area contributed by atoms with Gasteiger partial charge in [-0.25, -0.2) is 0 Å². The Bertz CT molecular complexity index is 428.